The third-order valence-corrected chi connectivity index (χ3v) is 4.16. The van der Waals surface area contributed by atoms with Crippen LogP contribution in [0.3, 0.4) is 0 Å². The van der Waals surface area contributed by atoms with Crippen molar-refractivity contribution in [3.05, 3.63) is 41.7 Å². The van der Waals surface area contributed by atoms with E-state index in [4.69, 9.17) is 0 Å². The fraction of sp³-hybridized carbons (Fsp3) is 0.562. The molecule has 0 aliphatic carbocycles. The highest BCUT2D eigenvalue weighted by atomic mass is 15.3. The molecule has 0 spiro atoms. The minimum atomic E-state index is 0.168. The van der Waals surface area contributed by atoms with Crippen molar-refractivity contribution in [1.29, 1.82) is 0 Å². The molecular weight excluding hydrogens is 262 g/mol. The Morgan fingerprint density at radius 3 is 2.81 bits per heavy atom. The Hall–Kier alpha value is -1.75. The number of nitrogens with one attached hydrogen (secondary N) is 1. The SMILES string of the molecule is CC(NC(C)c1nnc2n1CCCCC2)c1ccccn1. The van der Waals surface area contributed by atoms with E-state index in [1.165, 1.54) is 19.3 Å². The molecule has 2 unspecified atom stereocenters. The zero-order chi connectivity index (χ0) is 14.7. The molecule has 3 rings (SSSR count). The van der Waals surface area contributed by atoms with Crippen LogP contribution in [0.25, 0.3) is 0 Å². The predicted octanol–water partition coefficient (Wildman–Crippen LogP) is 2.81. The van der Waals surface area contributed by atoms with Gasteiger partial charge in [0.15, 0.2) is 0 Å². The van der Waals surface area contributed by atoms with Crippen LogP contribution in [0.15, 0.2) is 24.4 Å². The molecule has 0 radical (unpaired) electrons. The summed E-state index contributed by atoms with van der Waals surface area (Å²) in [6.07, 6.45) is 6.62. The predicted molar refractivity (Wildman–Crippen MR) is 81.8 cm³/mol. The van der Waals surface area contributed by atoms with E-state index in [0.717, 1.165) is 30.3 Å². The van der Waals surface area contributed by atoms with Gasteiger partial charge < -0.3 is 4.57 Å². The van der Waals surface area contributed by atoms with Crippen molar-refractivity contribution in [3.8, 4) is 0 Å². The second-order valence-electron chi connectivity index (χ2n) is 5.80. The molecule has 5 nitrogen and oxygen atoms in total. The molecule has 0 fully saturated rings. The van der Waals surface area contributed by atoms with Crippen LogP contribution < -0.4 is 5.32 Å². The van der Waals surface area contributed by atoms with Crippen molar-refractivity contribution < 1.29 is 0 Å². The molecule has 0 saturated carbocycles. The number of hydrogen-bond donors (Lipinski definition) is 1. The first-order chi connectivity index (χ1) is 10.3. The second kappa shape index (κ2) is 6.35. The highest BCUT2D eigenvalue weighted by Crippen LogP contribution is 2.21. The summed E-state index contributed by atoms with van der Waals surface area (Å²) in [5.74, 6) is 2.19. The molecule has 1 aliphatic heterocycles. The van der Waals surface area contributed by atoms with Gasteiger partial charge in [0.25, 0.3) is 0 Å². The number of aromatic nitrogens is 4. The van der Waals surface area contributed by atoms with Crippen molar-refractivity contribution in [3.63, 3.8) is 0 Å². The smallest absolute Gasteiger partial charge is 0.149 e. The van der Waals surface area contributed by atoms with Crippen molar-refractivity contribution in [2.75, 3.05) is 0 Å². The van der Waals surface area contributed by atoms with E-state index in [0.29, 0.717) is 0 Å². The van der Waals surface area contributed by atoms with Crippen LogP contribution in [0.5, 0.6) is 0 Å². The average molecular weight is 285 g/mol. The van der Waals surface area contributed by atoms with Gasteiger partial charge in [-0.2, -0.15) is 0 Å². The summed E-state index contributed by atoms with van der Waals surface area (Å²) in [6, 6.07) is 6.38. The van der Waals surface area contributed by atoms with Gasteiger partial charge >= 0.3 is 0 Å². The summed E-state index contributed by atoms with van der Waals surface area (Å²) in [5.41, 5.74) is 1.06. The zero-order valence-electron chi connectivity index (χ0n) is 12.8. The highest BCUT2D eigenvalue weighted by Gasteiger charge is 2.20. The monoisotopic (exact) mass is 285 g/mol. The van der Waals surface area contributed by atoms with Gasteiger partial charge in [0.1, 0.15) is 11.6 Å². The van der Waals surface area contributed by atoms with Crippen LogP contribution in [0.1, 0.15) is 62.5 Å². The van der Waals surface area contributed by atoms with E-state index in [9.17, 15) is 0 Å². The van der Waals surface area contributed by atoms with E-state index in [-0.39, 0.29) is 12.1 Å². The van der Waals surface area contributed by atoms with E-state index >= 15 is 0 Å². The minimum Gasteiger partial charge on any atom is -0.314 e. The van der Waals surface area contributed by atoms with Gasteiger partial charge in [-0.1, -0.05) is 12.5 Å². The average Bonchev–Trinajstić information content (AvgIpc) is 2.77. The standard InChI is InChI=1S/C16H23N5/c1-12(14-8-5-6-10-17-14)18-13(2)16-20-19-15-9-4-3-7-11-21(15)16/h5-6,8,10,12-13,18H,3-4,7,9,11H2,1-2H3. The first kappa shape index (κ1) is 14.2. The molecule has 0 amide bonds. The Morgan fingerprint density at radius 2 is 2.00 bits per heavy atom. The fourth-order valence-electron chi connectivity index (χ4n) is 2.99. The molecule has 112 valence electrons. The Kier molecular flexibility index (Phi) is 4.29. The Labute approximate surface area is 125 Å². The van der Waals surface area contributed by atoms with Crippen LogP contribution in [0.2, 0.25) is 0 Å². The third kappa shape index (κ3) is 3.13. The van der Waals surface area contributed by atoms with Gasteiger partial charge in [0.05, 0.1) is 11.7 Å². The molecule has 1 N–H and O–H groups in total. The van der Waals surface area contributed by atoms with Gasteiger partial charge in [0, 0.05) is 25.2 Å². The first-order valence-electron chi connectivity index (χ1n) is 7.84. The van der Waals surface area contributed by atoms with Crippen molar-refractivity contribution >= 4 is 0 Å². The molecule has 0 bridgehead atoms. The Bertz CT molecular complexity index is 578. The summed E-state index contributed by atoms with van der Waals surface area (Å²) in [7, 11) is 0. The number of nitrogens with zero attached hydrogens (tertiary/aromatic N) is 4. The molecule has 2 aromatic heterocycles. The summed E-state index contributed by atoms with van der Waals surface area (Å²) in [4.78, 5) is 4.41. The molecule has 3 heterocycles. The normalized spacial score (nSPS) is 17.8. The quantitative estimate of drug-likeness (QED) is 0.938. The van der Waals surface area contributed by atoms with E-state index < -0.39 is 0 Å². The van der Waals surface area contributed by atoms with Gasteiger partial charge in [-0.3, -0.25) is 10.3 Å². The largest absolute Gasteiger partial charge is 0.314 e. The van der Waals surface area contributed by atoms with Crippen LogP contribution >= 0.6 is 0 Å². The maximum Gasteiger partial charge on any atom is 0.149 e. The molecule has 5 heteroatoms. The summed E-state index contributed by atoms with van der Waals surface area (Å²) in [5, 5.41) is 12.4. The van der Waals surface area contributed by atoms with Gasteiger partial charge in [-0.25, -0.2) is 0 Å². The molecule has 0 saturated heterocycles. The lowest BCUT2D eigenvalue weighted by Gasteiger charge is -2.20. The molecule has 0 aromatic carbocycles. The lowest BCUT2D eigenvalue weighted by atomic mass is 10.2. The fourth-order valence-corrected chi connectivity index (χ4v) is 2.99. The number of hydrogen-bond acceptors (Lipinski definition) is 4. The highest BCUT2D eigenvalue weighted by molar-refractivity contribution is 5.09. The van der Waals surface area contributed by atoms with Crippen LogP contribution in [0, 0.1) is 0 Å². The number of pyridine rings is 1. The number of fused-ring (bicyclic) bond motifs is 1. The Morgan fingerprint density at radius 1 is 1.10 bits per heavy atom. The maximum atomic E-state index is 4.42. The molecule has 21 heavy (non-hydrogen) atoms. The lowest BCUT2D eigenvalue weighted by molar-refractivity contribution is 0.447. The van der Waals surface area contributed by atoms with Gasteiger partial charge in [-0.05, 0) is 38.8 Å². The Balaban J connectivity index is 1.74. The molecule has 2 aromatic rings. The molecular formula is C16H23N5. The van der Waals surface area contributed by atoms with Crippen LogP contribution in [0.4, 0.5) is 0 Å². The second-order valence-corrected chi connectivity index (χ2v) is 5.80. The topological polar surface area (TPSA) is 55.6 Å². The summed E-state index contributed by atoms with van der Waals surface area (Å²) < 4.78 is 2.30. The van der Waals surface area contributed by atoms with Crippen molar-refractivity contribution in [2.24, 2.45) is 0 Å². The summed E-state index contributed by atoms with van der Waals surface area (Å²) >= 11 is 0. The first-order valence-corrected chi connectivity index (χ1v) is 7.84. The number of aryl methyl sites for hydroxylation is 1. The third-order valence-electron chi connectivity index (χ3n) is 4.16. The number of rotatable bonds is 4. The van der Waals surface area contributed by atoms with Crippen LogP contribution in [-0.2, 0) is 13.0 Å². The van der Waals surface area contributed by atoms with Crippen molar-refractivity contribution in [1.82, 2.24) is 25.1 Å². The summed E-state index contributed by atoms with van der Waals surface area (Å²) in [6.45, 7) is 5.34. The minimum absolute atomic E-state index is 0.168. The van der Waals surface area contributed by atoms with E-state index in [1.54, 1.807) is 0 Å². The lowest BCUT2D eigenvalue weighted by Crippen LogP contribution is -2.26. The van der Waals surface area contributed by atoms with E-state index in [2.05, 4.69) is 45.0 Å². The van der Waals surface area contributed by atoms with E-state index in [1.807, 2.05) is 18.3 Å². The van der Waals surface area contributed by atoms with Gasteiger partial charge in [0.2, 0.25) is 0 Å². The zero-order valence-corrected chi connectivity index (χ0v) is 12.8. The van der Waals surface area contributed by atoms with Crippen LogP contribution in [-0.4, -0.2) is 19.7 Å². The molecule has 1 aliphatic rings. The molecule has 2 atom stereocenters. The maximum absolute atomic E-state index is 4.42. The van der Waals surface area contributed by atoms with Gasteiger partial charge in [-0.15, -0.1) is 10.2 Å². The van der Waals surface area contributed by atoms with Crippen molar-refractivity contribution in [2.45, 2.75) is 58.2 Å².